The van der Waals surface area contributed by atoms with Gasteiger partial charge < -0.3 is 19.5 Å². The molecule has 0 aromatic heterocycles. The number of nitrogens with one attached hydrogen (secondary N) is 1. The van der Waals surface area contributed by atoms with Gasteiger partial charge in [0.15, 0.2) is 18.1 Å². The number of amides is 1. The van der Waals surface area contributed by atoms with Crippen LogP contribution >= 0.6 is 0 Å². The number of hydrogen-bond acceptors (Lipinski definition) is 5. The summed E-state index contributed by atoms with van der Waals surface area (Å²) in [6, 6.07) is 14.3. The number of aryl methyl sites for hydroxylation is 1. The van der Waals surface area contributed by atoms with Crippen LogP contribution in [0.25, 0.3) is 0 Å². The molecule has 0 atom stereocenters. The lowest BCUT2D eigenvalue weighted by Gasteiger charge is -2.11. The molecule has 0 aliphatic rings. The Balaban J connectivity index is 1.68. The van der Waals surface area contributed by atoms with Gasteiger partial charge in [-0.1, -0.05) is 29.8 Å². The van der Waals surface area contributed by atoms with Crippen LogP contribution in [0.4, 0.5) is 0 Å². The lowest BCUT2D eigenvalue weighted by Crippen LogP contribution is -2.32. The maximum absolute atomic E-state index is 11.8. The Labute approximate surface area is 146 Å². The van der Waals surface area contributed by atoms with Crippen LogP contribution in [0.2, 0.25) is 0 Å². The van der Waals surface area contributed by atoms with E-state index in [0.717, 1.165) is 5.56 Å². The zero-order valence-corrected chi connectivity index (χ0v) is 14.3. The van der Waals surface area contributed by atoms with E-state index in [2.05, 4.69) is 5.32 Å². The number of ether oxygens (including phenoxy) is 3. The van der Waals surface area contributed by atoms with Crippen molar-refractivity contribution in [3.05, 3.63) is 59.7 Å². The molecule has 2 aromatic rings. The summed E-state index contributed by atoms with van der Waals surface area (Å²) in [6.07, 6.45) is 0. The molecular weight excluding hydrogens is 322 g/mol. The van der Waals surface area contributed by atoms with Crippen molar-refractivity contribution in [3.8, 4) is 11.5 Å². The molecule has 1 N–H and O–H groups in total. The van der Waals surface area contributed by atoms with Gasteiger partial charge in [0.1, 0.15) is 6.61 Å². The van der Waals surface area contributed by atoms with Crippen molar-refractivity contribution < 1.29 is 23.8 Å². The summed E-state index contributed by atoms with van der Waals surface area (Å²) in [5, 5.41) is 2.63. The minimum absolute atomic E-state index is 0.276. The fourth-order valence-electron chi connectivity index (χ4n) is 2.13. The molecule has 0 saturated heterocycles. The molecular formula is C19H21NO5. The highest BCUT2D eigenvalue weighted by Gasteiger charge is 2.10. The lowest BCUT2D eigenvalue weighted by molar-refractivity contribution is -0.124. The van der Waals surface area contributed by atoms with E-state index in [-0.39, 0.29) is 19.1 Å². The van der Waals surface area contributed by atoms with Gasteiger partial charge in [-0.05, 0) is 31.2 Å². The summed E-state index contributed by atoms with van der Waals surface area (Å²) in [4.78, 5) is 23.6. The number of para-hydroxylation sites is 2. The van der Waals surface area contributed by atoms with Gasteiger partial charge in [0.25, 0.3) is 5.91 Å². The van der Waals surface area contributed by atoms with E-state index in [1.807, 2.05) is 25.1 Å². The quantitative estimate of drug-likeness (QED) is 0.588. The molecule has 0 unspecified atom stereocenters. The van der Waals surface area contributed by atoms with Gasteiger partial charge in [0, 0.05) is 0 Å². The topological polar surface area (TPSA) is 73.9 Å². The van der Waals surface area contributed by atoms with Gasteiger partial charge in [0.2, 0.25) is 0 Å². The Morgan fingerprint density at radius 3 is 2.52 bits per heavy atom. The largest absolute Gasteiger partial charge is 0.493 e. The predicted molar refractivity (Wildman–Crippen MR) is 93.0 cm³/mol. The molecule has 1 amide bonds. The molecule has 6 nitrogen and oxygen atoms in total. The van der Waals surface area contributed by atoms with E-state index in [0.29, 0.717) is 23.6 Å². The van der Waals surface area contributed by atoms with E-state index in [9.17, 15) is 9.59 Å². The highest BCUT2D eigenvalue weighted by atomic mass is 16.5. The maximum Gasteiger partial charge on any atom is 0.338 e. The van der Waals surface area contributed by atoms with Crippen LogP contribution in [0.15, 0.2) is 48.5 Å². The third-order valence-electron chi connectivity index (χ3n) is 3.34. The van der Waals surface area contributed by atoms with E-state index in [1.54, 1.807) is 37.4 Å². The molecule has 0 aliphatic heterocycles. The second-order valence-electron chi connectivity index (χ2n) is 5.29. The van der Waals surface area contributed by atoms with Crippen LogP contribution in [-0.4, -0.2) is 38.7 Å². The first-order valence-electron chi connectivity index (χ1n) is 7.86. The Bertz CT molecular complexity index is 729. The number of hydrogen-bond donors (Lipinski definition) is 1. The van der Waals surface area contributed by atoms with Crippen molar-refractivity contribution in [2.75, 3.05) is 26.9 Å². The monoisotopic (exact) mass is 343 g/mol. The van der Waals surface area contributed by atoms with Gasteiger partial charge in [0.05, 0.1) is 19.2 Å². The first kappa shape index (κ1) is 18.3. The van der Waals surface area contributed by atoms with Crippen LogP contribution in [0, 0.1) is 6.92 Å². The molecule has 132 valence electrons. The Morgan fingerprint density at radius 2 is 1.80 bits per heavy atom. The predicted octanol–water partition coefficient (Wildman–Crippen LogP) is 2.36. The summed E-state index contributed by atoms with van der Waals surface area (Å²) in [6.45, 7) is 2.11. The molecule has 0 heterocycles. The molecule has 0 fully saturated rings. The van der Waals surface area contributed by atoms with Crippen molar-refractivity contribution in [2.24, 2.45) is 0 Å². The van der Waals surface area contributed by atoms with E-state index < -0.39 is 5.97 Å². The van der Waals surface area contributed by atoms with Crippen LogP contribution in [0.3, 0.4) is 0 Å². The Morgan fingerprint density at radius 1 is 1.04 bits per heavy atom. The first-order valence-corrected chi connectivity index (χ1v) is 7.86. The van der Waals surface area contributed by atoms with Crippen LogP contribution in [0.1, 0.15) is 15.9 Å². The minimum Gasteiger partial charge on any atom is -0.493 e. The van der Waals surface area contributed by atoms with Crippen LogP contribution in [0.5, 0.6) is 11.5 Å². The fraction of sp³-hybridized carbons (Fsp3) is 0.263. The first-order chi connectivity index (χ1) is 12.1. The van der Waals surface area contributed by atoms with Gasteiger partial charge in [-0.25, -0.2) is 4.79 Å². The molecule has 0 saturated carbocycles. The van der Waals surface area contributed by atoms with Crippen LogP contribution in [-0.2, 0) is 9.53 Å². The van der Waals surface area contributed by atoms with Crippen molar-refractivity contribution in [2.45, 2.75) is 6.92 Å². The second-order valence-corrected chi connectivity index (χ2v) is 5.29. The van der Waals surface area contributed by atoms with Crippen molar-refractivity contribution >= 4 is 11.9 Å². The fourth-order valence-corrected chi connectivity index (χ4v) is 2.13. The summed E-state index contributed by atoms with van der Waals surface area (Å²) >= 11 is 0. The number of benzene rings is 2. The average Bonchev–Trinajstić information content (AvgIpc) is 2.63. The molecule has 0 spiro atoms. The molecule has 25 heavy (non-hydrogen) atoms. The molecule has 6 heteroatoms. The summed E-state index contributed by atoms with van der Waals surface area (Å²) in [7, 11) is 1.56. The number of carbonyl (C=O) groups is 2. The standard InChI is InChI=1S/C19H21NO5/c1-14-6-5-7-15(12-14)19(22)25-13-18(21)20-10-11-24-17-9-4-3-8-16(17)23-2/h3-9,12H,10-11,13H2,1-2H3,(H,20,21). The Kier molecular flexibility index (Phi) is 6.83. The van der Waals surface area contributed by atoms with Crippen molar-refractivity contribution in [1.82, 2.24) is 5.32 Å². The Hall–Kier alpha value is -3.02. The summed E-state index contributed by atoms with van der Waals surface area (Å²) in [5.41, 5.74) is 1.37. The molecule has 2 rings (SSSR count). The van der Waals surface area contributed by atoms with Gasteiger partial charge in [-0.15, -0.1) is 0 Å². The molecule has 0 radical (unpaired) electrons. The highest BCUT2D eigenvalue weighted by molar-refractivity contribution is 5.91. The summed E-state index contributed by atoms with van der Waals surface area (Å²) in [5.74, 6) is 0.319. The van der Waals surface area contributed by atoms with Crippen LogP contribution < -0.4 is 14.8 Å². The third-order valence-corrected chi connectivity index (χ3v) is 3.34. The van der Waals surface area contributed by atoms with Gasteiger partial charge >= 0.3 is 5.97 Å². The van der Waals surface area contributed by atoms with Gasteiger partial charge in [-0.3, -0.25) is 4.79 Å². The number of rotatable bonds is 8. The van der Waals surface area contributed by atoms with E-state index in [4.69, 9.17) is 14.2 Å². The van der Waals surface area contributed by atoms with Crippen molar-refractivity contribution in [3.63, 3.8) is 0 Å². The average molecular weight is 343 g/mol. The SMILES string of the molecule is COc1ccccc1OCCNC(=O)COC(=O)c1cccc(C)c1. The van der Waals surface area contributed by atoms with Crippen molar-refractivity contribution in [1.29, 1.82) is 0 Å². The zero-order chi connectivity index (χ0) is 18.1. The minimum atomic E-state index is -0.524. The second kappa shape index (κ2) is 9.32. The molecule has 0 aliphatic carbocycles. The van der Waals surface area contributed by atoms with E-state index >= 15 is 0 Å². The number of carbonyl (C=O) groups excluding carboxylic acids is 2. The molecule has 2 aromatic carbocycles. The highest BCUT2D eigenvalue weighted by Crippen LogP contribution is 2.25. The number of esters is 1. The number of methoxy groups -OCH3 is 1. The van der Waals surface area contributed by atoms with Gasteiger partial charge in [-0.2, -0.15) is 0 Å². The summed E-state index contributed by atoms with van der Waals surface area (Å²) < 4.78 is 15.7. The lowest BCUT2D eigenvalue weighted by atomic mass is 10.1. The zero-order valence-electron chi connectivity index (χ0n) is 14.3. The smallest absolute Gasteiger partial charge is 0.338 e. The normalized spacial score (nSPS) is 10.0. The third kappa shape index (κ3) is 5.84. The molecule has 0 bridgehead atoms. The van der Waals surface area contributed by atoms with E-state index in [1.165, 1.54) is 0 Å². The maximum atomic E-state index is 11.8.